The summed E-state index contributed by atoms with van der Waals surface area (Å²) in [7, 11) is 0. The van der Waals surface area contributed by atoms with E-state index in [-0.39, 0.29) is 17.6 Å². The van der Waals surface area contributed by atoms with Crippen LogP contribution in [0.1, 0.15) is 67.2 Å². The fourth-order valence-electron chi connectivity index (χ4n) is 4.09. The molecule has 0 aliphatic carbocycles. The smallest absolute Gasteiger partial charge is 0.311 e. The van der Waals surface area contributed by atoms with E-state index in [0.29, 0.717) is 19.3 Å². The Morgan fingerprint density at radius 3 is 2.31 bits per heavy atom. The number of rotatable bonds is 1. The van der Waals surface area contributed by atoms with Crippen LogP contribution in [-0.4, -0.2) is 51.5 Å². The van der Waals surface area contributed by atoms with Crippen LogP contribution in [0.15, 0.2) is 0 Å². The van der Waals surface area contributed by atoms with Crippen LogP contribution < -0.4 is 0 Å². The number of ether oxygens (including phenoxy) is 2. The number of carbonyl (C=O) groups excluding carboxylic acids is 2. The molecule has 0 spiro atoms. The molecule has 3 rings (SSSR count). The molecule has 0 saturated carbocycles. The van der Waals surface area contributed by atoms with Crippen molar-refractivity contribution in [3.63, 3.8) is 0 Å². The Balaban J connectivity index is 2.28. The fourth-order valence-corrected chi connectivity index (χ4v) is 4.09. The quantitative estimate of drug-likeness (QED) is 0.688. The van der Waals surface area contributed by atoms with Gasteiger partial charge in [-0.3, -0.25) is 9.59 Å². The molecule has 150 valence electrons. The molecule has 0 radical (unpaired) electrons. The van der Waals surface area contributed by atoms with Gasteiger partial charge >= 0.3 is 5.97 Å². The molecule has 26 heavy (non-hydrogen) atoms. The monoisotopic (exact) mass is 370 g/mol. The second-order valence-electron chi connectivity index (χ2n) is 8.80. The van der Waals surface area contributed by atoms with Crippen molar-refractivity contribution in [2.45, 2.75) is 96.7 Å². The van der Waals surface area contributed by atoms with E-state index in [0.717, 1.165) is 6.42 Å². The predicted molar refractivity (Wildman–Crippen MR) is 96.4 cm³/mol. The van der Waals surface area contributed by atoms with Gasteiger partial charge in [0, 0.05) is 0 Å². The lowest BCUT2D eigenvalue weighted by atomic mass is 9.74. The largest absolute Gasteiger partial charge is 0.459 e. The van der Waals surface area contributed by atoms with E-state index in [4.69, 9.17) is 9.47 Å². The number of esters is 1. The van der Waals surface area contributed by atoms with E-state index in [2.05, 4.69) is 13.8 Å². The van der Waals surface area contributed by atoms with Crippen molar-refractivity contribution in [3.05, 3.63) is 0 Å². The molecule has 0 amide bonds. The van der Waals surface area contributed by atoms with Crippen molar-refractivity contribution in [1.82, 2.24) is 0 Å². The predicted octanol–water partition coefficient (Wildman–Crippen LogP) is 2.24. The first-order valence-electron chi connectivity index (χ1n) is 9.76. The zero-order valence-electron chi connectivity index (χ0n) is 16.8. The van der Waals surface area contributed by atoms with Gasteiger partial charge in [0.15, 0.2) is 5.78 Å². The number of ketones is 1. The maximum absolute atomic E-state index is 12.6. The number of hydrogen-bond acceptors (Lipinski definition) is 6. The third kappa shape index (κ3) is 3.97. The molecule has 1 unspecified atom stereocenters. The molecule has 3 saturated heterocycles. The van der Waals surface area contributed by atoms with Crippen molar-refractivity contribution < 1.29 is 29.3 Å². The Kier molecular flexibility index (Phi) is 6.20. The van der Waals surface area contributed by atoms with Gasteiger partial charge in [-0.15, -0.1) is 0 Å². The lowest BCUT2D eigenvalue weighted by molar-refractivity contribution is -0.226. The first-order valence-corrected chi connectivity index (χ1v) is 9.76. The summed E-state index contributed by atoms with van der Waals surface area (Å²) in [6.45, 7) is 11.0. The van der Waals surface area contributed by atoms with Gasteiger partial charge in [0.1, 0.15) is 23.9 Å². The number of carbonyl (C=O) groups is 2. The first kappa shape index (κ1) is 21.3. The molecule has 3 heterocycles. The molecule has 6 heteroatoms. The normalized spacial score (nSPS) is 48.3. The SMILES string of the molecule is CC[C@H]1OC(=O)[C@H](C)[C@@H](O)[C@@H]2O[C@@](C)(CC(C)[C@H](C)CC[C@]1(C)O)C2=O. The van der Waals surface area contributed by atoms with E-state index in [1.165, 1.54) is 6.92 Å². The molecule has 8 atom stereocenters. The Morgan fingerprint density at radius 1 is 1.15 bits per heavy atom. The average Bonchev–Trinajstić information content (AvgIpc) is 2.59. The van der Waals surface area contributed by atoms with E-state index < -0.39 is 41.4 Å². The minimum atomic E-state index is -1.25. The van der Waals surface area contributed by atoms with E-state index in [1.54, 1.807) is 13.8 Å². The van der Waals surface area contributed by atoms with Crippen LogP contribution in [0.3, 0.4) is 0 Å². The Labute approximate surface area is 156 Å². The molecule has 0 aromatic heterocycles. The summed E-state index contributed by atoms with van der Waals surface area (Å²) >= 11 is 0. The Morgan fingerprint density at radius 2 is 1.77 bits per heavy atom. The van der Waals surface area contributed by atoms with E-state index in [1.807, 2.05) is 6.92 Å². The highest BCUT2D eigenvalue weighted by Crippen LogP contribution is 2.40. The fraction of sp³-hybridized carbons (Fsp3) is 0.900. The highest BCUT2D eigenvalue weighted by molar-refractivity contribution is 5.96. The standard InChI is InChI=1S/C20H34O6/c1-7-14-19(5,24)9-8-11(2)12(3)10-20(6)17(22)16(26-20)15(21)13(4)18(23)25-14/h11-16,21,24H,7-10H2,1-6H3/t11-,12?,13-,14-,15-,16+,19+,20+/m1/s1. The molecule has 3 aliphatic heterocycles. The van der Waals surface area contributed by atoms with Crippen LogP contribution in [0.4, 0.5) is 0 Å². The highest BCUT2D eigenvalue weighted by atomic mass is 16.6. The Bertz CT molecular complexity index is 544. The van der Waals surface area contributed by atoms with Gasteiger partial charge < -0.3 is 19.7 Å². The highest BCUT2D eigenvalue weighted by Gasteiger charge is 2.56. The van der Waals surface area contributed by atoms with Crippen LogP contribution in [0.5, 0.6) is 0 Å². The third-order valence-corrected chi connectivity index (χ3v) is 6.47. The summed E-state index contributed by atoms with van der Waals surface area (Å²) in [6, 6.07) is 0. The zero-order chi connectivity index (χ0) is 19.9. The van der Waals surface area contributed by atoms with Gasteiger partial charge in [-0.25, -0.2) is 0 Å². The average molecular weight is 370 g/mol. The lowest BCUT2D eigenvalue weighted by Crippen LogP contribution is -2.65. The molecule has 6 nitrogen and oxygen atoms in total. The number of aliphatic hydroxyl groups is 2. The summed E-state index contributed by atoms with van der Waals surface area (Å²) in [5.74, 6) is -1.18. The van der Waals surface area contributed by atoms with Gasteiger partial charge in [-0.05, 0) is 58.3 Å². The van der Waals surface area contributed by atoms with Gasteiger partial charge in [-0.2, -0.15) is 0 Å². The molecule has 0 aromatic rings. The number of Topliss-reactive ketones (excluding diaryl/α,β-unsaturated/α-hetero) is 1. The third-order valence-electron chi connectivity index (χ3n) is 6.47. The van der Waals surface area contributed by atoms with Crippen LogP contribution in [0, 0.1) is 17.8 Å². The summed E-state index contributed by atoms with van der Waals surface area (Å²) < 4.78 is 11.3. The minimum absolute atomic E-state index is 0.153. The minimum Gasteiger partial charge on any atom is -0.459 e. The summed E-state index contributed by atoms with van der Waals surface area (Å²) in [6.07, 6.45) is -0.603. The van der Waals surface area contributed by atoms with Gasteiger partial charge in [0.25, 0.3) is 0 Å². The second-order valence-corrected chi connectivity index (χ2v) is 8.80. The van der Waals surface area contributed by atoms with Gasteiger partial charge in [0.2, 0.25) is 0 Å². The van der Waals surface area contributed by atoms with Crippen molar-refractivity contribution in [3.8, 4) is 0 Å². The molecule has 0 aromatic carbocycles. The molecule has 2 bridgehead atoms. The van der Waals surface area contributed by atoms with Crippen molar-refractivity contribution in [2.75, 3.05) is 0 Å². The van der Waals surface area contributed by atoms with Crippen LogP contribution in [-0.2, 0) is 19.1 Å². The summed E-state index contributed by atoms with van der Waals surface area (Å²) in [5, 5.41) is 21.3. The van der Waals surface area contributed by atoms with Gasteiger partial charge in [0.05, 0.1) is 11.5 Å². The molecular formula is C20H34O6. The first-order chi connectivity index (χ1) is 11.9. The Hall–Kier alpha value is -0.980. The maximum atomic E-state index is 12.6. The summed E-state index contributed by atoms with van der Waals surface area (Å²) in [4.78, 5) is 25.1. The molecule has 3 aliphatic rings. The van der Waals surface area contributed by atoms with Crippen molar-refractivity contribution >= 4 is 11.8 Å². The van der Waals surface area contributed by atoms with Crippen molar-refractivity contribution in [1.29, 1.82) is 0 Å². The summed E-state index contributed by atoms with van der Waals surface area (Å²) in [5.41, 5.74) is -2.05. The van der Waals surface area contributed by atoms with Crippen LogP contribution >= 0.6 is 0 Å². The van der Waals surface area contributed by atoms with Crippen molar-refractivity contribution in [2.24, 2.45) is 17.8 Å². The number of aliphatic hydroxyl groups excluding tert-OH is 1. The van der Waals surface area contributed by atoms with E-state index in [9.17, 15) is 19.8 Å². The van der Waals surface area contributed by atoms with Crippen LogP contribution in [0.2, 0.25) is 0 Å². The number of fused-ring (bicyclic) bond motifs is 10. The lowest BCUT2D eigenvalue weighted by Gasteiger charge is -2.48. The maximum Gasteiger partial charge on any atom is 0.311 e. The second kappa shape index (κ2) is 7.56. The molecular weight excluding hydrogens is 336 g/mol. The molecule has 3 fully saturated rings. The van der Waals surface area contributed by atoms with E-state index >= 15 is 0 Å². The molecule has 2 N–H and O–H groups in total. The zero-order valence-corrected chi connectivity index (χ0v) is 16.8. The van der Waals surface area contributed by atoms with Gasteiger partial charge in [-0.1, -0.05) is 20.8 Å². The van der Waals surface area contributed by atoms with Crippen LogP contribution in [0.25, 0.3) is 0 Å². The number of hydrogen-bond donors (Lipinski definition) is 2. The topological polar surface area (TPSA) is 93.1 Å².